The quantitative estimate of drug-likeness (QED) is 0.748. The summed E-state index contributed by atoms with van der Waals surface area (Å²) in [4.78, 5) is 23.4. The highest BCUT2D eigenvalue weighted by Gasteiger charge is 2.60. The third kappa shape index (κ3) is 2.49. The summed E-state index contributed by atoms with van der Waals surface area (Å²) in [6, 6.07) is 0. The van der Waals surface area contributed by atoms with Crippen molar-refractivity contribution in [1.29, 1.82) is 0 Å². The molecule has 3 nitrogen and oxygen atoms in total. The van der Waals surface area contributed by atoms with Gasteiger partial charge in [-0.2, -0.15) is 8.78 Å². The Morgan fingerprint density at radius 3 is 2.24 bits per heavy atom. The number of esters is 1. The number of ketones is 1. The molecule has 4 fully saturated rings. The van der Waals surface area contributed by atoms with Crippen LogP contribution in [-0.4, -0.2) is 24.3 Å². The highest BCUT2D eigenvalue weighted by Crippen LogP contribution is 2.65. The number of alkyl halides is 2. The number of halogens is 2. The van der Waals surface area contributed by atoms with Gasteiger partial charge in [0.2, 0.25) is 0 Å². The Morgan fingerprint density at radius 1 is 1.19 bits per heavy atom. The molecule has 4 bridgehead atoms. The van der Waals surface area contributed by atoms with Crippen molar-refractivity contribution in [3.8, 4) is 0 Å². The molecule has 0 spiro atoms. The maximum atomic E-state index is 12.9. The first-order valence-corrected chi connectivity index (χ1v) is 7.70. The molecule has 0 radical (unpaired) electrons. The molecule has 4 aliphatic carbocycles. The first-order chi connectivity index (χ1) is 9.64. The average molecular weight is 300 g/mol. The molecule has 0 aromatic rings. The van der Waals surface area contributed by atoms with Gasteiger partial charge in [-0.15, -0.1) is 0 Å². The summed E-state index contributed by atoms with van der Waals surface area (Å²) in [6.45, 7) is 2.25. The molecule has 21 heavy (non-hydrogen) atoms. The summed E-state index contributed by atoms with van der Waals surface area (Å²) in [7, 11) is 0. The highest BCUT2D eigenvalue weighted by atomic mass is 19.3. The lowest BCUT2D eigenvalue weighted by Gasteiger charge is -2.61. The van der Waals surface area contributed by atoms with Gasteiger partial charge in [-0.05, 0) is 57.3 Å². The Kier molecular flexibility index (Phi) is 3.19. The van der Waals surface area contributed by atoms with E-state index in [4.69, 9.17) is 4.74 Å². The lowest BCUT2D eigenvalue weighted by atomic mass is 9.43. The van der Waals surface area contributed by atoms with Crippen molar-refractivity contribution in [3.63, 3.8) is 0 Å². The van der Waals surface area contributed by atoms with Crippen LogP contribution >= 0.6 is 0 Å². The molecular formula is C16H22F2O3. The summed E-state index contributed by atoms with van der Waals surface area (Å²) in [5.41, 5.74) is -0.540. The topological polar surface area (TPSA) is 43.4 Å². The number of carbonyl (C=O) groups excluding carboxylic acids is 2. The van der Waals surface area contributed by atoms with E-state index < -0.39 is 11.9 Å². The Hall–Kier alpha value is -1.00. The van der Waals surface area contributed by atoms with Crippen LogP contribution in [-0.2, 0) is 14.3 Å². The first kappa shape index (κ1) is 14.9. The van der Waals surface area contributed by atoms with Gasteiger partial charge in [0.05, 0.1) is 6.61 Å². The lowest BCUT2D eigenvalue weighted by Crippen LogP contribution is -2.56. The van der Waals surface area contributed by atoms with Crippen molar-refractivity contribution in [3.05, 3.63) is 0 Å². The van der Waals surface area contributed by atoms with Gasteiger partial charge in [0.25, 0.3) is 0 Å². The third-order valence-corrected chi connectivity index (χ3v) is 5.80. The SMILES string of the molecule is CC(=O)C12CC3CC(CC(COC(=O)C(C)(F)F)(C3)C1)C2. The van der Waals surface area contributed by atoms with Gasteiger partial charge in [0.1, 0.15) is 5.78 Å². The summed E-state index contributed by atoms with van der Waals surface area (Å²) >= 11 is 0. The molecule has 0 aromatic heterocycles. The monoisotopic (exact) mass is 300 g/mol. The van der Waals surface area contributed by atoms with E-state index in [2.05, 4.69) is 0 Å². The second kappa shape index (κ2) is 4.50. The molecule has 4 rings (SSSR count). The molecule has 4 aliphatic rings. The molecular weight excluding hydrogens is 278 g/mol. The zero-order valence-corrected chi connectivity index (χ0v) is 12.6. The molecule has 0 saturated heterocycles. The van der Waals surface area contributed by atoms with Crippen LogP contribution < -0.4 is 0 Å². The summed E-state index contributed by atoms with van der Waals surface area (Å²) in [5.74, 6) is -3.71. The van der Waals surface area contributed by atoms with Gasteiger partial charge in [0, 0.05) is 17.8 Å². The second-order valence-electron chi connectivity index (χ2n) is 7.76. The Labute approximate surface area is 123 Å². The Bertz CT molecular complexity index is 466. The van der Waals surface area contributed by atoms with E-state index in [0.29, 0.717) is 25.2 Å². The van der Waals surface area contributed by atoms with E-state index in [0.717, 1.165) is 32.1 Å². The van der Waals surface area contributed by atoms with Crippen molar-refractivity contribution in [1.82, 2.24) is 0 Å². The van der Waals surface area contributed by atoms with Crippen molar-refractivity contribution in [2.45, 2.75) is 58.3 Å². The number of hydrogen-bond donors (Lipinski definition) is 0. The Balaban J connectivity index is 1.76. The van der Waals surface area contributed by atoms with Crippen LogP contribution in [0.3, 0.4) is 0 Å². The summed E-state index contributed by atoms with van der Waals surface area (Å²) < 4.78 is 30.8. The fourth-order valence-electron chi connectivity index (χ4n) is 5.38. The van der Waals surface area contributed by atoms with Gasteiger partial charge in [0.15, 0.2) is 0 Å². The first-order valence-electron chi connectivity index (χ1n) is 7.70. The van der Waals surface area contributed by atoms with Crippen molar-refractivity contribution >= 4 is 11.8 Å². The third-order valence-electron chi connectivity index (χ3n) is 5.80. The molecule has 0 aromatic carbocycles. The number of Topliss-reactive ketones (excluding diaryl/α,β-unsaturated/α-hetero) is 1. The van der Waals surface area contributed by atoms with Gasteiger partial charge < -0.3 is 4.74 Å². The van der Waals surface area contributed by atoms with E-state index in [-0.39, 0.29) is 23.2 Å². The average Bonchev–Trinajstić information content (AvgIpc) is 2.33. The molecule has 0 heterocycles. The fourth-order valence-corrected chi connectivity index (χ4v) is 5.38. The van der Waals surface area contributed by atoms with Crippen molar-refractivity contribution in [2.75, 3.05) is 6.61 Å². The molecule has 4 saturated carbocycles. The number of hydrogen-bond acceptors (Lipinski definition) is 3. The van der Waals surface area contributed by atoms with Gasteiger partial charge in [-0.25, -0.2) is 4.79 Å². The van der Waals surface area contributed by atoms with Crippen LogP contribution in [0, 0.1) is 22.7 Å². The molecule has 5 heteroatoms. The van der Waals surface area contributed by atoms with Crippen LogP contribution in [0.15, 0.2) is 0 Å². The maximum absolute atomic E-state index is 12.9. The fraction of sp³-hybridized carbons (Fsp3) is 0.875. The van der Waals surface area contributed by atoms with Crippen LogP contribution in [0.1, 0.15) is 52.4 Å². The van der Waals surface area contributed by atoms with Crippen molar-refractivity contribution < 1.29 is 23.1 Å². The van der Waals surface area contributed by atoms with Crippen LogP contribution in [0.2, 0.25) is 0 Å². The standard InChI is InChI=1S/C16H22F2O3/c1-10(19)16-6-11-3-12(7-16)5-15(4-11,8-16)9-21-13(20)14(2,17)18/h11-12H,3-9H2,1-2H3. The molecule has 0 N–H and O–H groups in total. The largest absolute Gasteiger partial charge is 0.461 e. The van der Waals surface area contributed by atoms with Crippen molar-refractivity contribution in [2.24, 2.45) is 22.7 Å². The second-order valence-corrected chi connectivity index (χ2v) is 7.76. The number of carbonyl (C=O) groups is 2. The molecule has 2 atom stereocenters. The van der Waals surface area contributed by atoms with Gasteiger partial charge >= 0.3 is 11.9 Å². The minimum absolute atomic E-state index is 0.0390. The Morgan fingerprint density at radius 2 is 1.76 bits per heavy atom. The maximum Gasteiger partial charge on any atom is 0.376 e. The smallest absolute Gasteiger partial charge is 0.376 e. The van der Waals surface area contributed by atoms with Gasteiger partial charge in [-0.3, -0.25) is 4.79 Å². The molecule has 0 aliphatic heterocycles. The molecule has 118 valence electrons. The van der Waals surface area contributed by atoms with E-state index in [1.54, 1.807) is 6.92 Å². The lowest BCUT2D eigenvalue weighted by molar-refractivity contribution is -0.185. The highest BCUT2D eigenvalue weighted by molar-refractivity contribution is 5.83. The zero-order chi connectivity index (χ0) is 15.5. The summed E-state index contributed by atoms with van der Waals surface area (Å²) in [6.07, 6.45) is 5.50. The predicted molar refractivity (Wildman–Crippen MR) is 71.8 cm³/mol. The minimum Gasteiger partial charge on any atom is -0.461 e. The molecule has 0 amide bonds. The van der Waals surface area contributed by atoms with E-state index in [9.17, 15) is 18.4 Å². The number of ether oxygens (including phenoxy) is 1. The minimum atomic E-state index is -3.44. The molecule has 2 unspecified atom stereocenters. The summed E-state index contributed by atoms with van der Waals surface area (Å²) in [5, 5.41) is 0. The van der Waals surface area contributed by atoms with Crippen LogP contribution in [0.5, 0.6) is 0 Å². The van der Waals surface area contributed by atoms with E-state index >= 15 is 0 Å². The zero-order valence-electron chi connectivity index (χ0n) is 12.6. The predicted octanol–water partition coefficient (Wildman–Crippen LogP) is 3.36. The normalized spacial score (nSPS) is 41.1. The van der Waals surface area contributed by atoms with Crippen LogP contribution in [0.25, 0.3) is 0 Å². The van der Waals surface area contributed by atoms with Crippen LogP contribution in [0.4, 0.5) is 8.78 Å². The van der Waals surface area contributed by atoms with E-state index in [1.807, 2.05) is 0 Å². The van der Waals surface area contributed by atoms with E-state index in [1.165, 1.54) is 0 Å². The number of rotatable bonds is 4. The van der Waals surface area contributed by atoms with Gasteiger partial charge in [-0.1, -0.05) is 0 Å².